The third-order valence-electron chi connectivity index (χ3n) is 2.60. The second-order valence-electron chi connectivity index (χ2n) is 3.96. The molecular weight excluding hydrogens is 262 g/mol. The maximum absolute atomic E-state index is 11.5. The Morgan fingerprint density at radius 2 is 2.10 bits per heavy atom. The number of pyridine rings is 1. The lowest BCUT2D eigenvalue weighted by atomic mass is 10.2. The first-order valence-electron chi connectivity index (χ1n) is 5.67. The normalized spacial score (nSPS) is 10.1. The fraction of sp³-hybridized carbons (Fsp3) is 0.0769. The summed E-state index contributed by atoms with van der Waals surface area (Å²) in [4.78, 5) is 25.6. The van der Waals surface area contributed by atoms with Gasteiger partial charge in [-0.25, -0.2) is 4.98 Å². The van der Waals surface area contributed by atoms with Crippen LogP contribution < -0.4 is 10.5 Å². The van der Waals surface area contributed by atoms with E-state index in [1.807, 2.05) is 0 Å². The van der Waals surface area contributed by atoms with Crippen molar-refractivity contribution in [1.82, 2.24) is 4.98 Å². The molecule has 2 rings (SSSR count). The van der Waals surface area contributed by atoms with Crippen LogP contribution in [0.15, 0.2) is 36.5 Å². The Balaban J connectivity index is 2.43. The molecule has 0 aliphatic heterocycles. The molecule has 0 spiro atoms. The Morgan fingerprint density at radius 3 is 2.75 bits per heavy atom. The summed E-state index contributed by atoms with van der Waals surface area (Å²) in [5.41, 5.74) is 5.58. The van der Waals surface area contributed by atoms with Crippen molar-refractivity contribution in [2.75, 3.05) is 5.73 Å². The molecule has 1 heterocycles. The number of anilines is 1. The minimum Gasteiger partial charge on any atom is -0.436 e. The van der Waals surface area contributed by atoms with Crippen LogP contribution in [0.3, 0.4) is 0 Å². The number of carbonyl (C=O) groups excluding carboxylic acids is 1. The molecule has 0 unspecified atom stereocenters. The molecule has 1 aromatic heterocycles. The summed E-state index contributed by atoms with van der Waals surface area (Å²) < 4.78 is 5.43. The van der Waals surface area contributed by atoms with Crippen molar-refractivity contribution in [3.63, 3.8) is 0 Å². The van der Waals surface area contributed by atoms with Gasteiger partial charge >= 0.3 is 0 Å². The number of aromatic nitrogens is 1. The molecule has 0 atom stereocenters. The minimum absolute atomic E-state index is 0.0622. The van der Waals surface area contributed by atoms with Crippen molar-refractivity contribution in [3.8, 4) is 11.6 Å². The zero-order valence-corrected chi connectivity index (χ0v) is 10.6. The summed E-state index contributed by atoms with van der Waals surface area (Å²) in [6, 6.07) is 7.34. The molecule has 2 aromatic rings. The summed E-state index contributed by atoms with van der Waals surface area (Å²) in [7, 11) is 0. The van der Waals surface area contributed by atoms with Crippen LogP contribution in [0.1, 0.15) is 17.3 Å². The predicted molar refractivity (Wildman–Crippen MR) is 71.8 cm³/mol. The van der Waals surface area contributed by atoms with Gasteiger partial charge in [-0.05, 0) is 25.1 Å². The van der Waals surface area contributed by atoms with Crippen LogP contribution in [0.4, 0.5) is 11.4 Å². The van der Waals surface area contributed by atoms with Crippen LogP contribution in [0.25, 0.3) is 0 Å². The lowest BCUT2D eigenvalue weighted by molar-refractivity contribution is -0.383. The number of ketones is 1. The Kier molecular flexibility index (Phi) is 3.60. The van der Waals surface area contributed by atoms with Gasteiger partial charge in [-0.1, -0.05) is 6.07 Å². The number of benzene rings is 1. The van der Waals surface area contributed by atoms with E-state index in [1.165, 1.54) is 31.3 Å². The van der Waals surface area contributed by atoms with Crippen LogP contribution in [0.5, 0.6) is 11.6 Å². The topological polar surface area (TPSA) is 108 Å². The van der Waals surface area contributed by atoms with E-state index in [1.54, 1.807) is 12.1 Å². The van der Waals surface area contributed by atoms with Crippen LogP contribution in [-0.4, -0.2) is 15.7 Å². The highest BCUT2D eigenvalue weighted by atomic mass is 16.6. The highest BCUT2D eigenvalue weighted by Gasteiger charge is 2.18. The highest BCUT2D eigenvalue weighted by Crippen LogP contribution is 2.34. The van der Waals surface area contributed by atoms with Gasteiger partial charge in [0.25, 0.3) is 5.69 Å². The number of ether oxygens (including phenoxy) is 1. The molecule has 1 aromatic carbocycles. The molecule has 102 valence electrons. The van der Waals surface area contributed by atoms with Gasteiger partial charge < -0.3 is 10.5 Å². The second kappa shape index (κ2) is 5.35. The maximum atomic E-state index is 11.5. The average molecular weight is 273 g/mol. The number of nitrogen functional groups attached to an aromatic ring is 1. The molecule has 7 heteroatoms. The van der Waals surface area contributed by atoms with Crippen molar-refractivity contribution in [2.24, 2.45) is 0 Å². The molecule has 0 fully saturated rings. The molecule has 0 amide bonds. The maximum Gasteiger partial charge on any atom is 0.295 e. The van der Waals surface area contributed by atoms with Gasteiger partial charge in [-0.3, -0.25) is 14.9 Å². The molecule has 20 heavy (non-hydrogen) atoms. The van der Waals surface area contributed by atoms with Crippen LogP contribution in [0.2, 0.25) is 0 Å². The van der Waals surface area contributed by atoms with E-state index in [9.17, 15) is 14.9 Å². The van der Waals surface area contributed by atoms with E-state index in [0.717, 1.165) is 0 Å². The minimum atomic E-state index is -0.605. The van der Waals surface area contributed by atoms with E-state index >= 15 is 0 Å². The van der Waals surface area contributed by atoms with Crippen molar-refractivity contribution in [3.05, 3.63) is 52.2 Å². The zero-order chi connectivity index (χ0) is 14.7. The standard InChI is InChI=1S/C13H11N3O4/c1-8(17)9-4-3-7-15-13(9)20-11-6-2-5-10(12(11)14)16(18)19/h2-7H,14H2,1H3. The number of nitrogens with two attached hydrogens (primary N) is 1. The molecule has 0 saturated heterocycles. The SMILES string of the molecule is CC(=O)c1cccnc1Oc1cccc([N+](=O)[O-])c1N. The highest BCUT2D eigenvalue weighted by molar-refractivity contribution is 5.96. The fourth-order valence-corrected chi connectivity index (χ4v) is 1.62. The number of hydrogen-bond donors (Lipinski definition) is 1. The quantitative estimate of drug-likeness (QED) is 0.397. The van der Waals surface area contributed by atoms with E-state index in [0.29, 0.717) is 0 Å². The van der Waals surface area contributed by atoms with E-state index in [4.69, 9.17) is 10.5 Å². The zero-order valence-electron chi connectivity index (χ0n) is 10.6. The Hall–Kier alpha value is -2.96. The number of nitro benzene ring substituents is 1. The van der Waals surface area contributed by atoms with Gasteiger partial charge in [0.2, 0.25) is 5.88 Å². The lowest BCUT2D eigenvalue weighted by Crippen LogP contribution is -2.02. The number of nitrogens with zero attached hydrogens (tertiary/aromatic N) is 2. The van der Waals surface area contributed by atoms with E-state index in [-0.39, 0.29) is 34.4 Å². The van der Waals surface area contributed by atoms with Gasteiger partial charge in [-0.2, -0.15) is 0 Å². The Labute approximate surface area is 114 Å². The molecule has 0 aliphatic rings. The number of carbonyl (C=O) groups is 1. The van der Waals surface area contributed by atoms with Crippen LogP contribution >= 0.6 is 0 Å². The number of Topliss-reactive ketones (excluding diaryl/α,β-unsaturated/α-hetero) is 1. The molecule has 0 radical (unpaired) electrons. The summed E-state index contributed by atoms with van der Waals surface area (Å²) in [5, 5.41) is 10.8. The molecular formula is C13H11N3O4. The van der Waals surface area contributed by atoms with Crippen molar-refractivity contribution >= 4 is 17.2 Å². The molecule has 7 nitrogen and oxygen atoms in total. The first-order valence-corrected chi connectivity index (χ1v) is 5.67. The Bertz CT molecular complexity index is 685. The van der Waals surface area contributed by atoms with Crippen molar-refractivity contribution < 1.29 is 14.5 Å². The van der Waals surface area contributed by atoms with E-state index < -0.39 is 4.92 Å². The number of nitro groups is 1. The monoisotopic (exact) mass is 273 g/mol. The van der Waals surface area contributed by atoms with Crippen LogP contribution in [-0.2, 0) is 0 Å². The van der Waals surface area contributed by atoms with Gasteiger partial charge in [0, 0.05) is 12.3 Å². The van der Waals surface area contributed by atoms with Gasteiger partial charge in [-0.15, -0.1) is 0 Å². The van der Waals surface area contributed by atoms with Crippen LogP contribution in [0, 0.1) is 10.1 Å². The van der Waals surface area contributed by atoms with E-state index in [2.05, 4.69) is 4.98 Å². The number of rotatable bonds is 4. The first kappa shape index (κ1) is 13.5. The third-order valence-corrected chi connectivity index (χ3v) is 2.60. The first-order chi connectivity index (χ1) is 9.50. The average Bonchev–Trinajstić information content (AvgIpc) is 2.41. The lowest BCUT2D eigenvalue weighted by Gasteiger charge is -2.09. The number of para-hydroxylation sites is 1. The van der Waals surface area contributed by atoms with Crippen molar-refractivity contribution in [1.29, 1.82) is 0 Å². The smallest absolute Gasteiger partial charge is 0.295 e. The molecule has 0 aliphatic carbocycles. The summed E-state index contributed by atoms with van der Waals surface area (Å²) >= 11 is 0. The number of hydrogen-bond acceptors (Lipinski definition) is 6. The molecule has 2 N–H and O–H groups in total. The van der Waals surface area contributed by atoms with Gasteiger partial charge in [0.05, 0.1) is 10.5 Å². The van der Waals surface area contributed by atoms with Gasteiger partial charge in [0.1, 0.15) is 0 Å². The summed E-state index contributed by atoms with van der Waals surface area (Å²) in [6.07, 6.45) is 1.45. The van der Waals surface area contributed by atoms with Crippen molar-refractivity contribution in [2.45, 2.75) is 6.92 Å². The Morgan fingerprint density at radius 1 is 1.35 bits per heavy atom. The second-order valence-corrected chi connectivity index (χ2v) is 3.96. The largest absolute Gasteiger partial charge is 0.436 e. The fourth-order valence-electron chi connectivity index (χ4n) is 1.62. The molecule has 0 saturated carbocycles. The predicted octanol–water partition coefficient (Wildman–Crippen LogP) is 2.57. The third kappa shape index (κ3) is 2.56. The summed E-state index contributed by atoms with van der Waals surface area (Å²) in [5.74, 6) is -0.0790. The molecule has 0 bridgehead atoms. The summed E-state index contributed by atoms with van der Waals surface area (Å²) in [6.45, 7) is 1.38. The van der Waals surface area contributed by atoms with Gasteiger partial charge in [0.15, 0.2) is 17.2 Å².